The lowest BCUT2D eigenvalue weighted by Crippen LogP contribution is -2.41. The van der Waals surface area contributed by atoms with Gasteiger partial charge in [-0.15, -0.1) is 0 Å². The van der Waals surface area contributed by atoms with Gasteiger partial charge in [-0.1, -0.05) is 12.1 Å². The molecule has 3 aromatic carbocycles. The Morgan fingerprint density at radius 2 is 1.86 bits per heavy atom. The van der Waals surface area contributed by atoms with Crippen molar-refractivity contribution in [3.63, 3.8) is 0 Å². The molecule has 0 spiro atoms. The average molecular weight is 501 g/mol. The predicted octanol–water partition coefficient (Wildman–Crippen LogP) is 4.68. The molecular formula is C29H28N2O6. The van der Waals surface area contributed by atoms with Crippen molar-refractivity contribution in [1.29, 1.82) is 0 Å². The number of carbonyl (C=O) groups excluding carboxylic acids is 1. The lowest BCUT2D eigenvalue weighted by molar-refractivity contribution is -0.141. The van der Waals surface area contributed by atoms with E-state index in [9.17, 15) is 14.7 Å². The fraction of sp³-hybridized carbons (Fsp3) is 0.241. The summed E-state index contributed by atoms with van der Waals surface area (Å²) in [5, 5.41) is 10.8. The second kappa shape index (κ2) is 9.54. The number of anilines is 1. The summed E-state index contributed by atoms with van der Waals surface area (Å²) in [7, 11) is 3.62. The minimum Gasteiger partial charge on any atom is -0.497 e. The number of H-pyrrole nitrogens is 1. The average Bonchev–Trinajstić information content (AvgIpc) is 3.40. The molecule has 0 bridgehead atoms. The van der Waals surface area contributed by atoms with Crippen molar-refractivity contribution < 1.29 is 28.9 Å². The fourth-order valence-electron chi connectivity index (χ4n) is 4.77. The summed E-state index contributed by atoms with van der Waals surface area (Å²) in [6.45, 7) is 2.40. The number of fused-ring (bicyclic) bond motifs is 2. The molecule has 2 atom stereocenters. The van der Waals surface area contributed by atoms with E-state index in [0.717, 1.165) is 22.7 Å². The van der Waals surface area contributed by atoms with E-state index < -0.39 is 17.2 Å². The van der Waals surface area contributed by atoms with Crippen molar-refractivity contribution in [3.8, 4) is 17.2 Å². The van der Waals surface area contributed by atoms with Gasteiger partial charge in [0.2, 0.25) is 0 Å². The minimum absolute atomic E-state index is 0.190. The number of methoxy groups -OCH3 is 1. The third kappa shape index (κ3) is 4.35. The standard InChI is InChI=1S/C29H28N2O6/c1-29(28(33)34,23-5-4-6-24-22(23)13-14-30-24)27(32)18-7-9-19(10-8-18)36-17-21-16-31(2)25-15-20(35-3)11-12-26(25)37-21/h4-15,21,30H,16-17H2,1-3H3,(H,33,34)/t21-,29?/m0/s1. The molecule has 1 aromatic heterocycles. The molecule has 0 saturated heterocycles. The van der Waals surface area contributed by atoms with E-state index in [0.29, 0.717) is 35.4 Å². The molecule has 1 aliphatic rings. The Morgan fingerprint density at radius 1 is 1.11 bits per heavy atom. The third-order valence-electron chi connectivity index (χ3n) is 6.92. The summed E-state index contributed by atoms with van der Waals surface area (Å²) in [5.41, 5.74) is 0.719. The molecule has 0 amide bonds. The van der Waals surface area contributed by atoms with Crippen LogP contribution < -0.4 is 19.1 Å². The van der Waals surface area contributed by atoms with Gasteiger partial charge >= 0.3 is 5.97 Å². The van der Waals surface area contributed by atoms with Gasteiger partial charge in [-0.3, -0.25) is 9.59 Å². The van der Waals surface area contributed by atoms with Gasteiger partial charge in [-0.25, -0.2) is 0 Å². The van der Waals surface area contributed by atoms with Gasteiger partial charge in [0.1, 0.15) is 30.0 Å². The Hall–Kier alpha value is -4.46. The quantitative estimate of drug-likeness (QED) is 0.268. The molecule has 0 fully saturated rings. The van der Waals surface area contributed by atoms with Gasteiger partial charge in [0, 0.05) is 35.8 Å². The zero-order chi connectivity index (χ0) is 26.2. The van der Waals surface area contributed by atoms with Gasteiger partial charge in [-0.05, 0) is 61.0 Å². The second-order valence-electron chi connectivity index (χ2n) is 9.29. The van der Waals surface area contributed by atoms with Gasteiger partial charge in [0.05, 0.1) is 19.3 Å². The van der Waals surface area contributed by atoms with Gasteiger partial charge in [0.15, 0.2) is 11.2 Å². The van der Waals surface area contributed by atoms with Crippen LogP contribution in [0.3, 0.4) is 0 Å². The highest BCUT2D eigenvalue weighted by Gasteiger charge is 2.44. The van der Waals surface area contributed by atoms with E-state index in [1.54, 1.807) is 55.8 Å². The third-order valence-corrected chi connectivity index (χ3v) is 6.92. The lowest BCUT2D eigenvalue weighted by atomic mass is 9.75. The molecule has 1 unspecified atom stereocenters. The number of ketones is 1. The number of Topliss-reactive ketones (excluding diaryl/α,β-unsaturated/α-hetero) is 1. The SMILES string of the molecule is COc1ccc2c(c1)N(C)C[C@@H](COc1ccc(C(=O)C(C)(C(=O)O)c3cccc4[nH]ccc34)cc1)O2. The molecule has 4 aromatic rings. The van der Waals surface area contributed by atoms with Gasteiger partial charge < -0.3 is 29.2 Å². The molecule has 2 heterocycles. The summed E-state index contributed by atoms with van der Waals surface area (Å²) in [6.07, 6.45) is 1.54. The van der Waals surface area contributed by atoms with E-state index in [2.05, 4.69) is 9.88 Å². The highest BCUT2D eigenvalue weighted by molar-refractivity contribution is 6.18. The summed E-state index contributed by atoms with van der Waals surface area (Å²) in [6, 6.07) is 19.3. The van der Waals surface area contributed by atoms with E-state index in [4.69, 9.17) is 14.2 Å². The molecular weight excluding hydrogens is 472 g/mol. The van der Waals surface area contributed by atoms with Crippen LogP contribution in [0.5, 0.6) is 17.2 Å². The largest absolute Gasteiger partial charge is 0.497 e. The summed E-state index contributed by atoms with van der Waals surface area (Å²) in [5.74, 6) is 0.387. The van der Waals surface area contributed by atoms with Crippen molar-refractivity contribution in [1.82, 2.24) is 4.98 Å². The molecule has 2 N–H and O–H groups in total. The molecule has 8 nitrogen and oxygen atoms in total. The number of aliphatic carboxylic acids is 1. The molecule has 37 heavy (non-hydrogen) atoms. The Kier molecular flexibility index (Phi) is 6.25. The van der Waals surface area contributed by atoms with E-state index in [1.807, 2.05) is 31.3 Å². The Morgan fingerprint density at radius 3 is 2.59 bits per heavy atom. The number of nitrogens with zero attached hydrogens (tertiary/aromatic N) is 1. The maximum Gasteiger partial charge on any atom is 0.321 e. The number of hydrogen-bond donors (Lipinski definition) is 2. The summed E-state index contributed by atoms with van der Waals surface area (Å²) in [4.78, 5) is 31.1. The topological polar surface area (TPSA) is 101 Å². The number of nitrogens with one attached hydrogen (secondary N) is 1. The number of rotatable bonds is 8. The Bertz CT molecular complexity index is 1460. The number of aromatic nitrogens is 1. The fourth-order valence-corrected chi connectivity index (χ4v) is 4.77. The number of likely N-dealkylation sites (N-methyl/N-ethyl adjacent to an activating group) is 1. The smallest absolute Gasteiger partial charge is 0.321 e. The molecule has 8 heteroatoms. The number of carboxylic acid groups (broad SMARTS) is 1. The number of benzene rings is 3. The maximum atomic E-state index is 13.5. The minimum atomic E-state index is -1.75. The van der Waals surface area contributed by atoms with Crippen LogP contribution in [0.15, 0.2) is 72.9 Å². The highest BCUT2D eigenvalue weighted by Crippen LogP contribution is 2.36. The van der Waals surface area contributed by atoms with Crippen molar-refractivity contribution in [2.45, 2.75) is 18.4 Å². The number of carboxylic acids is 1. The normalized spacial score (nSPS) is 16.4. The van der Waals surface area contributed by atoms with Gasteiger partial charge in [-0.2, -0.15) is 0 Å². The molecule has 0 radical (unpaired) electrons. The van der Waals surface area contributed by atoms with Crippen LogP contribution >= 0.6 is 0 Å². The van der Waals surface area contributed by atoms with E-state index >= 15 is 0 Å². The first-order valence-electron chi connectivity index (χ1n) is 11.9. The first-order valence-corrected chi connectivity index (χ1v) is 11.9. The first kappa shape index (κ1) is 24.2. The van der Waals surface area contributed by atoms with Crippen LogP contribution in [0.2, 0.25) is 0 Å². The predicted molar refractivity (Wildman–Crippen MR) is 140 cm³/mol. The maximum absolute atomic E-state index is 13.5. The van der Waals surface area contributed by atoms with Gasteiger partial charge in [0.25, 0.3) is 0 Å². The molecule has 5 rings (SSSR count). The number of aromatic amines is 1. The van der Waals surface area contributed by atoms with Crippen LogP contribution in [0.25, 0.3) is 10.9 Å². The van der Waals surface area contributed by atoms with Crippen molar-refractivity contribution in [2.24, 2.45) is 0 Å². The highest BCUT2D eigenvalue weighted by atomic mass is 16.5. The monoisotopic (exact) mass is 500 g/mol. The lowest BCUT2D eigenvalue weighted by Gasteiger charge is -2.33. The first-order chi connectivity index (χ1) is 17.8. The Balaban J connectivity index is 1.30. The zero-order valence-corrected chi connectivity index (χ0v) is 20.9. The second-order valence-corrected chi connectivity index (χ2v) is 9.29. The molecule has 0 saturated carbocycles. The van der Waals surface area contributed by atoms with Crippen LogP contribution in [0.1, 0.15) is 22.8 Å². The molecule has 190 valence electrons. The number of carbonyl (C=O) groups is 2. The van der Waals surface area contributed by atoms with Crippen molar-refractivity contribution in [3.05, 3.63) is 84.1 Å². The van der Waals surface area contributed by atoms with Crippen LogP contribution in [-0.4, -0.2) is 55.3 Å². The van der Waals surface area contributed by atoms with Crippen molar-refractivity contribution in [2.75, 3.05) is 32.2 Å². The van der Waals surface area contributed by atoms with E-state index in [-0.39, 0.29) is 6.10 Å². The number of ether oxygens (including phenoxy) is 3. The summed E-state index contributed by atoms with van der Waals surface area (Å²) >= 11 is 0. The summed E-state index contributed by atoms with van der Waals surface area (Å²) < 4.78 is 17.3. The van der Waals surface area contributed by atoms with Crippen LogP contribution in [-0.2, 0) is 10.2 Å². The van der Waals surface area contributed by atoms with E-state index in [1.165, 1.54) is 6.92 Å². The Labute approximate surface area is 214 Å². The zero-order valence-electron chi connectivity index (χ0n) is 20.9. The van der Waals surface area contributed by atoms with Crippen molar-refractivity contribution >= 4 is 28.3 Å². The number of hydrogen-bond acceptors (Lipinski definition) is 6. The molecule has 1 aliphatic heterocycles. The molecule has 0 aliphatic carbocycles. The van der Waals surface area contributed by atoms with Crippen LogP contribution in [0, 0.1) is 0 Å². The van der Waals surface area contributed by atoms with Crippen LogP contribution in [0.4, 0.5) is 5.69 Å².